The van der Waals surface area contributed by atoms with Gasteiger partial charge in [-0.1, -0.05) is 23.2 Å². The van der Waals surface area contributed by atoms with Gasteiger partial charge < -0.3 is 14.8 Å². The van der Waals surface area contributed by atoms with Crippen LogP contribution in [0.15, 0.2) is 47.6 Å². The van der Waals surface area contributed by atoms with E-state index in [0.717, 1.165) is 0 Å². The van der Waals surface area contributed by atoms with Crippen molar-refractivity contribution in [3.63, 3.8) is 0 Å². The molecule has 0 saturated heterocycles. The standard InChI is InChI=1S/C15H13Cl2F2N5O2/c1-8(25-15-22-5-9(16)6-23-15)12(24-20)7-21-10-2-3-11(17)13(4-10)26-14(18)19/h2-8,14,20-21H,1H3/b12-7-,24-20?/t8-/m0/s1. The van der Waals surface area contributed by atoms with Crippen LogP contribution in [0.3, 0.4) is 0 Å². The van der Waals surface area contributed by atoms with Crippen LogP contribution >= 0.6 is 23.2 Å². The zero-order valence-electron chi connectivity index (χ0n) is 13.3. The summed E-state index contributed by atoms with van der Waals surface area (Å²) in [5.41, 5.74) is 7.86. The van der Waals surface area contributed by atoms with Gasteiger partial charge in [0.2, 0.25) is 0 Å². The molecule has 1 heterocycles. The maximum atomic E-state index is 12.3. The van der Waals surface area contributed by atoms with E-state index in [2.05, 4.69) is 25.1 Å². The summed E-state index contributed by atoms with van der Waals surface area (Å²) in [6.45, 7) is -1.36. The van der Waals surface area contributed by atoms with E-state index >= 15 is 0 Å². The highest BCUT2D eigenvalue weighted by Crippen LogP contribution is 2.29. The van der Waals surface area contributed by atoms with Gasteiger partial charge in [-0.05, 0) is 19.1 Å². The van der Waals surface area contributed by atoms with Crippen LogP contribution in [0.5, 0.6) is 11.8 Å². The molecule has 0 amide bonds. The average molecular weight is 404 g/mol. The van der Waals surface area contributed by atoms with Crippen LogP contribution in [0.1, 0.15) is 6.92 Å². The first kappa shape index (κ1) is 19.8. The molecule has 0 aliphatic heterocycles. The van der Waals surface area contributed by atoms with Crippen molar-refractivity contribution < 1.29 is 18.3 Å². The third kappa shape index (κ3) is 5.78. The van der Waals surface area contributed by atoms with Crippen molar-refractivity contribution in [2.75, 3.05) is 5.32 Å². The number of nitrogens with one attached hydrogen (secondary N) is 2. The Balaban J connectivity index is 2.08. The first-order valence-electron chi connectivity index (χ1n) is 7.11. The van der Waals surface area contributed by atoms with E-state index in [1.54, 1.807) is 13.0 Å². The molecule has 2 aromatic rings. The largest absolute Gasteiger partial charge is 0.454 e. The molecule has 26 heavy (non-hydrogen) atoms. The third-order valence-corrected chi connectivity index (χ3v) is 3.47. The van der Waals surface area contributed by atoms with Crippen LogP contribution in [0.25, 0.3) is 0 Å². The van der Waals surface area contributed by atoms with Crippen molar-refractivity contribution in [1.29, 1.82) is 5.53 Å². The summed E-state index contributed by atoms with van der Waals surface area (Å²) in [4.78, 5) is 7.77. The minimum atomic E-state index is -3.00. The summed E-state index contributed by atoms with van der Waals surface area (Å²) >= 11 is 11.5. The number of ether oxygens (including phenoxy) is 2. The summed E-state index contributed by atoms with van der Waals surface area (Å²) in [5, 5.41) is 6.58. The summed E-state index contributed by atoms with van der Waals surface area (Å²) in [7, 11) is 0. The smallest absolute Gasteiger partial charge is 0.387 e. The maximum Gasteiger partial charge on any atom is 0.387 e. The third-order valence-electron chi connectivity index (χ3n) is 2.96. The molecular weight excluding hydrogens is 391 g/mol. The Bertz CT molecular complexity index is 790. The Kier molecular flexibility index (Phi) is 7.05. The molecule has 1 atom stereocenters. The zero-order chi connectivity index (χ0) is 19.1. The van der Waals surface area contributed by atoms with Gasteiger partial charge in [0.05, 0.1) is 22.4 Å². The van der Waals surface area contributed by atoms with Gasteiger partial charge in [0.1, 0.15) is 17.6 Å². The molecule has 0 fully saturated rings. The van der Waals surface area contributed by atoms with Crippen molar-refractivity contribution in [1.82, 2.24) is 9.97 Å². The van der Waals surface area contributed by atoms with E-state index < -0.39 is 12.7 Å². The van der Waals surface area contributed by atoms with Gasteiger partial charge >= 0.3 is 12.6 Å². The van der Waals surface area contributed by atoms with E-state index in [0.29, 0.717) is 10.7 Å². The molecule has 2 rings (SSSR count). The van der Waals surface area contributed by atoms with Crippen LogP contribution in [0.2, 0.25) is 10.0 Å². The Morgan fingerprint density at radius 2 is 1.96 bits per heavy atom. The lowest BCUT2D eigenvalue weighted by Crippen LogP contribution is -2.16. The minimum absolute atomic E-state index is 0.0434. The second-order valence-corrected chi connectivity index (χ2v) is 5.64. The number of anilines is 1. The molecule has 1 aromatic heterocycles. The monoisotopic (exact) mass is 403 g/mol. The summed E-state index contributed by atoms with van der Waals surface area (Å²) < 4.78 is 34.5. The quantitative estimate of drug-likeness (QED) is 0.595. The summed E-state index contributed by atoms with van der Waals surface area (Å²) in [5.74, 6) is -0.178. The molecule has 0 unspecified atom stereocenters. The van der Waals surface area contributed by atoms with Gasteiger partial charge in [0, 0.05) is 18.0 Å². The van der Waals surface area contributed by atoms with E-state index in [-0.39, 0.29) is 22.5 Å². The predicted molar refractivity (Wildman–Crippen MR) is 92.1 cm³/mol. The van der Waals surface area contributed by atoms with Gasteiger partial charge in [0.15, 0.2) is 0 Å². The maximum absolute atomic E-state index is 12.3. The first-order valence-corrected chi connectivity index (χ1v) is 7.87. The second-order valence-electron chi connectivity index (χ2n) is 4.79. The molecule has 1 aromatic carbocycles. The van der Waals surface area contributed by atoms with Crippen LogP contribution in [-0.2, 0) is 0 Å². The molecule has 0 bridgehead atoms. The number of alkyl halides is 2. The van der Waals surface area contributed by atoms with Crippen LogP contribution in [-0.4, -0.2) is 22.7 Å². The molecule has 0 spiro atoms. The van der Waals surface area contributed by atoms with Crippen molar-refractivity contribution >= 4 is 28.9 Å². The van der Waals surface area contributed by atoms with E-state index in [1.807, 2.05) is 0 Å². The van der Waals surface area contributed by atoms with Crippen LogP contribution in [0, 0.1) is 5.53 Å². The molecule has 7 nitrogen and oxygen atoms in total. The number of aromatic nitrogens is 2. The van der Waals surface area contributed by atoms with Gasteiger partial charge in [-0.3, -0.25) is 0 Å². The lowest BCUT2D eigenvalue weighted by molar-refractivity contribution is -0.0497. The normalized spacial score (nSPS) is 12.6. The van der Waals surface area contributed by atoms with E-state index in [9.17, 15) is 8.78 Å². The van der Waals surface area contributed by atoms with Crippen molar-refractivity contribution in [2.24, 2.45) is 5.11 Å². The number of halogens is 4. The van der Waals surface area contributed by atoms with Crippen LogP contribution < -0.4 is 14.8 Å². The lowest BCUT2D eigenvalue weighted by atomic mass is 10.3. The fourth-order valence-electron chi connectivity index (χ4n) is 1.76. The summed E-state index contributed by atoms with van der Waals surface area (Å²) in [6, 6.07) is 4.30. The highest BCUT2D eigenvalue weighted by atomic mass is 35.5. The highest BCUT2D eigenvalue weighted by Gasteiger charge is 2.13. The fraction of sp³-hybridized carbons (Fsp3) is 0.200. The highest BCUT2D eigenvalue weighted by molar-refractivity contribution is 6.32. The molecule has 2 N–H and O–H groups in total. The number of nitrogens with zero attached hydrogens (tertiary/aromatic N) is 3. The number of rotatable bonds is 8. The Labute approximate surface area is 157 Å². The van der Waals surface area contributed by atoms with Gasteiger partial charge in [0.25, 0.3) is 0 Å². The average Bonchev–Trinajstić information content (AvgIpc) is 2.59. The van der Waals surface area contributed by atoms with Gasteiger partial charge in [-0.2, -0.15) is 13.9 Å². The summed E-state index contributed by atoms with van der Waals surface area (Å²) in [6.07, 6.45) is 3.45. The van der Waals surface area contributed by atoms with Gasteiger partial charge in [-0.25, -0.2) is 15.5 Å². The molecule has 0 saturated carbocycles. The fourth-order valence-corrected chi connectivity index (χ4v) is 2.02. The van der Waals surface area contributed by atoms with Crippen molar-refractivity contribution in [3.05, 3.63) is 52.5 Å². The predicted octanol–water partition coefficient (Wildman–Crippen LogP) is 5.14. The second kappa shape index (κ2) is 9.25. The van der Waals surface area contributed by atoms with E-state index in [1.165, 1.54) is 30.7 Å². The van der Waals surface area contributed by atoms with E-state index in [4.69, 9.17) is 33.5 Å². The Morgan fingerprint density at radius 3 is 2.58 bits per heavy atom. The Morgan fingerprint density at radius 1 is 1.27 bits per heavy atom. The molecule has 0 aliphatic rings. The van der Waals surface area contributed by atoms with Crippen molar-refractivity contribution in [3.8, 4) is 11.8 Å². The zero-order valence-corrected chi connectivity index (χ0v) is 14.8. The molecular formula is C15H13Cl2F2N5O2. The SMILES string of the molecule is C[C@H](Oc1ncc(Cl)cn1)/C(=C/Nc1ccc(Cl)c(OC(F)F)c1)N=N. The topological polar surface area (TPSA) is 92.5 Å². The minimum Gasteiger partial charge on any atom is -0.454 e. The Hall–Kier alpha value is -2.52. The lowest BCUT2D eigenvalue weighted by Gasteiger charge is -2.13. The molecule has 0 aliphatic carbocycles. The molecule has 11 heteroatoms. The van der Waals surface area contributed by atoms with Gasteiger partial charge in [-0.15, -0.1) is 0 Å². The number of hydrogen-bond donors (Lipinski definition) is 2. The number of hydrogen-bond acceptors (Lipinski definition) is 7. The molecule has 0 radical (unpaired) electrons. The first-order chi connectivity index (χ1) is 12.4. The number of benzene rings is 1. The molecule has 138 valence electrons. The van der Waals surface area contributed by atoms with Crippen LogP contribution in [0.4, 0.5) is 14.5 Å². The van der Waals surface area contributed by atoms with Crippen molar-refractivity contribution in [2.45, 2.75) is 19.6 Å².